The van der Waals surface area contributed by atoms with Crippen molar-refractivity contribution in [2.45, 2.75) is 75.2 Å². The average Bonchev–Trinajstić information content (AvgIpc) is 3.27. The van der Waals surface area contributed by atoms with Gasteiger partial charge in [0.05, 0.1) is 30.3 Å². The van der Waals surface area contributed by atoms with E-state index in [1.54, 1.807) is 6.20 Å². The Kier molecular flexibility index (Phi) is 7.17. The van der Waals surface area contributed by atoms with E-state index in [1.165, 1.54) is 0 Å². The summed E-state index contributed by atoms with van der Waals surface area (Å²) in [5.41, 5.74) is 1.65. The van der Waals surface area contributed by atoms with Gasteiger partial charge in [0.1, 0.15) is 0 Å². The Morgan fingerprint density at radius 2 is 2.03 bits per heavy atom. The number of hydrogen-bond donors (Lipinski definition) is 1. The number of benzene rings is 1. The van der Waals surface area contributed by atoms with Gasteiger partial charge >= 0.3 is 0 Å². The summed E-state index contributed by atoms with van der Waals surface area (Å²) in [7, 11) is -3.57. The van der Waals surface area contributed by atoms with E-state index in [0.29, 0.717) is 18.2 Å². The standard InChI is InChI=1S/C23H32N4O3S2/c1-17(2)25-22(31)26(15-21-9-6-12-30-21)14-20-13-24-23(27(20)19-10-11-19)32(28,29)16-18-7-4-3-5-8-18/h3-5,7-8,13,17,19,21H,6,9-12,14-16H2,1-2H3,(H,25,31)/t21-/m0/s1. The maximum atomic E-state index is 13.3. The Bertz CT molecular complexity index is 1030. The lowest BCUT2D eigenvalue weighted by molar-refractivity contribution is 0.0891. The van der Waals surface area contributed by atoms with Crippen LogP contribution in [0.3, 0.4) is 0 Å². The minimum Gasteiger partial charge on any atom is -0.376 e. The lowest BCUT2D eigenvalue weighted by Gasteiger charge is -2.29. The van der Waals surface area contributed by atoms with Crippen molar-refractivity contribution >= 4 is 27.2 Å². The molecule has 2 aliphatic rings. The van der Waals surface area contributed by atoms with Crippen LogP contribution in [0.5, 0.6) is 0 Å². The molecule has 1 aromatic heterocycles. The fraction of sp³-hybridized carbons (Fsp3) is 0.565. The number of imidazole rings is 1. The normalized spacial score (nSPS) is 18.8. The van der Waals surface area contributed by atoms with Crippen LogP contribution in [0.4, 0.5) is 0 Å². The van der Waals surface area contributed by atoms with Crippen molar-refractivity contribution < 1.29 is 13.2 Å². The van der Waals surface area contributed by atoms with Crippen molar-refractivity contribution in [3.05, 3.63) is 47.8 Å². The summed E-state index contributed by atoms with van der Waals surface area (Å²) >= 11 is 5.69. The Morgan fingerprint density at radius 1 is 1.28 bits per heavy atom. The van der Waals surface area contributed by atoms with Crippen LogP contribution in [0, 0.1) is 0 Å². The first-order valence-electron chi connectivity index (χ1n) is 11.3. The second kappa shape index (κ2) is 9.89. The largest absolute Gasteiger partial charge is 0.376 e. The van der Waals surface area contributed by atoms with Gasteiger partial charge in [0.2, 0.25) is 15.0 Å². The van der Waals surface area contributed by atoms with Gasteiger partial charge < -0.3 is 19.5 Å². The molecule has 0 unspecified atom stereocenters. The molecule has 1 saturated carbocycles. The van der Waals surface area contributed by atoms with Crippen molar-refractivity contribution in [1.29, 1.82) is 0 Å². The molecule has 32 heavy (non-hydrogen) atoms. The first-order valence-corrected chi connectivity index (χ1v) is 13.4. The molecule has 0 amide bonds. The Balaban J connectivity index is 1.59. The van der Waals surface area contributed by atoms with Gasteiger partial charge in [-0.05, 0) is 57.3 Å². The molecule has 1 aliphatic heterocycles. The third kappa shape index (κ3) is 5.68. The second-order valence-electron chi connectivity index (χ2n) is 9.00. The number of aromatic nitrogens is 2. The molecule has 2 aromatic rings. The average molecular weight is 477 g/mol. The first kappa shape index (κ1) is 23.2. The minimum atomic E-state index is -3.57. The number of nitrogens with one attached hydrogen (secondary N) is 1. The molecule has 2 fully saturated rings. The van der Waals surface area contributed by atoms with Gasteiger partial charge in [0.25, 0.3) is 0 Å². The fourth-order valence-electron chi connectivity index (χ4n) is 4.09. The quantitative estimate of drug-likeness (QED) is 0.556. The van der Waals surface area contributed by atoms with Crippen LogP contribution >= 0.6 is 12.2 Å². The van der Waals surface area contributed by atoms with Crippen molar-refractivity contribution in [1.82, 2.24) is 19.8 Å². The van der Waals surface area contributed by atoms with Crippen molar-refractivity contribution in [2.24, 2.45) is 0 Å². The van der Waals surface area contributed by atoms with Crippen molar-refractivity contribution in [3.63, 3.8) is 0 Å². The number of thiocarbonyl (C=S) groups is 1. The van der Waals surface area contributed by atoms with E-state index in [4.69, 9.17) is 17.0 Å². The smallest absolute Gasteiger partial charge is 0.228 e. The molecule has 0 bridgehead atoms. The number of sulfone groups is 1. The Hall–Kier alpha value is -1.97. The second-order valence-corrected chi connectivity index (χ2v) is 11.3. The third-order valence-electron chi connectivity index (χ3n) is 5.73. The lowest BCUT2D eigenvalue weighted by atomic mass is 10.2. The van der Waals surface area contributed by atoms with Crippen LogP contribution < -0.4 is 5.32 Å². The highest BCUT2D eigenvalue weighted by atomic mass is 32.2. The molecular weight excluding hydrogens is 444 g/mol. The molecule has 1 aliphatic carbocycles. The molecule has 1 atom stereocenters. The van der Waals surface area contributed by atoms with E-state index in [-0.39, 0.29) is 29.1 Å². The highest BCUT2D eigenvalue weighted by molar-refractivity contribution is 7.90. The molecule has 0 spiro atoms. The minimum absolute atomic E-state index is 0.0516. The summed E-state index contributed by atoms with van der Waals surface area (Å²) in [6, 6.07) is 9.67. The Morgan fingerprint density at radius 3 is 2.66 bits per heavy atom. The van der Waals surface area contributed by atoms with E-state index < -0.39 is 9.84 Å². The molecule has 4 rings (SSSR count). The molecule has 0 radical (unpaired) electrons. The number of hydrogen-bond acceptors (Lipinski definition) is 5. The van der Waals surface area contributed by atoms with Crippen LogP contribution in [0.25, 0.3) is 0 Å². The van der Waals surface area contributed by atoms with E-state index in [2.05, 4.69) is 29.0 Å². The Labute approximate surface area is 196 Å². The highest BCUT2D eigenvalue weighted by Crippen LogP contribution is 2.39. The van der Waals surface area contributed by atoms with Crippen LogP contribution in [-0.2, 0) is 26.9 Å². The third-order valence-corrected chi connectivity index (χ3v) is 7.68. The van der Waals surface area contributed by atoms with Crippen LogP contribution in [0.2, 0.25) is 0 Å². The summed E-state index contributed by atoms with van der Waals surface area (Å²) in [6.07, 6.45) is 5.86. The summed E-state index contributed by atoms with van der Waals surface area (Å²) in [5.74, 6) is -0.0516. The van der Waals surface area contributed by atoms with Gasteiger partial charge in [0.15, 0.2) is 5.11 Å². The monoisotopic (exact) mass is 476 g/mol. The van der Waals surface area contributed by atoms with E-state index in [1.807, 2.05) is 34.9 Å². The summed E-state index contributed by atoms with van der Waals surface area (Å²) in [6.45, 7) is 6.08. The molecule has 7 nitrogen and oxygen atoms in total. The van der Waals surface area contributed by atoms with Crippen LogP contribution in [0.1, 0.15) is 56.8 Å². The maximum absolute atomic E-state index is 13.3. The fourth-order valence-corrected chi connectivity index (χ4v) is 6.01. The zero-order valence-electron chi connectivity index (χ0n) is 18.7. The van der Waals surface area contributed by atoms with E-state index >= 15 is 0 Å². The number of nitrogens with zero attached hydrogens (tertiary/aromatic N) is 3. The van der Waals surface area contributed by atoms with Gasteiger partial charge in [-0.15, -0.1) is 0 Å². The predicted octanol–water partition coefficient (Wildman–Crippen LogP) is 3.46. The maximum Gasteiger partial charge on any atom is 0.228 e. The molecule has 1 saturated heterocycles. The van der Waals surface area contributed by atoms with E-state index in [0.717, 1.165) is 43.5 Å². The van der Waals surface area contributed by atoms with Gasteiger partial charge in [0, 0.05) is 25.2 Å². The highest BCUT2D eigenvalue weighted by Gasteiger charge is 2.34. The first-order chi connectivity index (χ1) is 15.3. The van der Waals surface area contributed by atoms with Gasteiger partial charge in [-0.1, -0.05) is 30.3 Å². The van der Waals surface area contributed by atoms with Crippen LogP contribution in [0.15, 0.2) is 41.7 Å². The van der Waals surface area contributed by atoms with Crippen molar-refractivity contribution in [2.75, 3.05) is 13.2 Å². The molecule has 1 aromatic carbocycles. The number of ether oxygens (including phenoxy) is 1. The van der Waals surface area contributed by atoms with Gasteiger partial charge in [-0.2, -0.15) is 0 Å². The zero-order valence-corrected chi connectivity index (χ0v) is 20.4. The lowest BCUT2D eigenvalue weighted by Crippen LogP contribution is -2.45. The predicted molar refractivity (Wildman–Crippen MR) is 128 cm³/mol. The topological polar surface area (TPSA) is 76.5 Å². The van der Waals surface area contributed by atoms with Gasteiger partial charge in [-0.25, -0.2) is 13.4 Å². The molecule has 2 heterocycles. The van der Waals surface area contributed by atoms with Crippen LogP contribution in [-0.4, -0.2) is 53.3 Å². The van der Waals surface area contributed by atoms with Gasteiger partial charge in [-0.3, -0.25) is 0 Å². The SMILES string of the molecule is CC(C)NC(=S)N(Cc1cnc(S(=O)(=O)Cc2ccccc2)n1C1CC1)C[C@@H]1CCCO1. The van der Waals surface area contributed by atoms with E-state index in [9.17, 15) is 8.42 Å². The summed E-state index contributed by atoms with van der Waals surface area (Å²) in [5, 5.41) is 4.15. The zero-order chi connectivity index (χ0) is 22.7. The molecular formula is C23H32N4O3S2. The summed E-state index contributed by atoms with van der Waals surface area (Å²) < 4.78 is 34.3. The number of rotatable bonds is 9. The molecule has 1 N–H and O–H groups in total. The van der Waals surface area contributed by atoms with Crippen molar-refractivity contribution in [3.8, 4) is 0 Å². The molecule has 174 valence electrons. The molecule has 9 heteroatoms. The summed E-state index contributed by atoms with van der Waals surface area (Å²) in [4.78, 5) is 6.50.